The van der Waals surface area contributed by atoms with E-state index < -0.39 is 0 Å². The van der Waals surface area contributed by atoms with Crippen LogP contribution in [0.4, 0.5) is 0 Å². The molecule has 102 valence electrons. The second kappa shape index (κ2) is 4.85. The Balaban J connectivity index is 2.29. The second-order valence-corrected chi connectivity index (χ2v) is 4.63. The first kappa shape index (κ1) is 12.5. The number of phenols is 2. The van der Waals surface area contributed by atoms with E-state index in [-0.39, 0.29) is 11.5 Å². The van der Waals surface area contributed by atoms with Crippen molar-refractivity contribution in [1.29, 1.82) is 0 Å². The Morgan fingerprint density at radius 1 is 1.20 bits per heavy atom. The van der Waals surface area contributed by atoms with Gasteiger partial charge in [0.15, 0.2) is 5.65 Å². The van der Waals surface area contributed by atoms with Gasteiger partial charge in [0.2, 0.25) is 0 Å². The number of hydrogen-bond donors (Lipinski definition) is 2. The molecule has 0 fully saturated rings. The van der Waals surface area contributed by atoms with E-state index in [0.29, 0.717) is 11.4 Å². The molecule has 2 heterocycles. The lowest BCUT2D eigenvalue weighted by Gasteiger charge is -2.08. The third-order valence-electron chi connectivity index (χ3n) is 3.17. The van der Waals surface area contributed by atoms with Crippen LogP contribution < -0.4 is 0 Å². The van der Waals surface area contributed by atoms with Gasteiger partial charge >= 0.3 is 0 Å². The Hall–Kier alpha value is -2.56. The average Bonchev–Trinajstić information content (AvgIpc) is 2.81. The van der Waals surface area contributed by atoms with Crippen molar-refractivity contribution in [2.75, 3.05) is 0 Å². The third kappa shape index (κ3) is 1.97. The number of aromatic nitrogens is 3. The number of aryl methyl sites for hydroxylation is 1. The van der Waals surface area contributed by atoms with E-state index in [1.165, 1.54) is 18.2 Å². The average molecular weight is 269 g/mol. The van der Waals surface area contributed by atoms with Crippen molar-refractivity contribution in [2.45, 2.75) is 19.9 Å². The van der Waals surface area contributed by atoms with Crippen LogP contribution in [0.5, 0.6) is 11.5 Å². The van der Waals surface area contributed by atoms with Crippen molar-refractivity contribution in [2.24, 2.45) is 0 Å². The molecule has 1 aromatic carbocycles. The molecule has 0 amide bonds. The van der Waals surface area contributed by atoms with Gasteiger partial charge in [-0.2, -0.15) is 0 Å². The second-order valence-electron chi connectivity index (χ2n) is 4.63. The molecule has 0 unspecified atom stereocenters. The summed E-state index contributed by atoms with van der Waals surface area (Å²) in [5.41, 5.74) is 2.07. The summed E-state index contributed by atoms with van der Waals surface area (Å²) >= 11 is 0. The van der Waals surface area contributed by atoms with Crippen molar-refractivity contribution >= 4 is 11.2 Å². The summed E-state index contributed by atoms with van der Waals surface area (Å²) in [6.07, 6.45) is 2.65. The molecule has 3 aromatic rings. The Morgan fingerprint density at radius 3 is 2.85 bits per heavy atom. The molecule has 5 nitrogen and oxygen atoms in total. The highest BCUT2D eigenvalue weighted by Gasteiger charge is 2.16. The van der Waals surface area contributed by atoms with Gasteiger partial charge in [-0.25, -0.2) is 9.97 Å². The fraction of sp³-hybridized carbons (Fsp3) is 0.200. The molecule has 0 atom stereocenters. The van der Waals surface area contributed by atoms with Gasteiger partial charge in [0.05, 0.1) is 5.56 Å². The molecular formula is C15H15N3O2. The Labute approximate surface area is 116 Å². The van der Waals surface area contributed by atoms with Gasteiger partial charge in [0.25, 0.3) is 0 Å². The van der Waals surface area contributed by atoms with Crippen molar-refractivity contribution in [1.82, 2.24) is 14.5 Å². The van der Waals surface area contributed by atoms with Gasteiger partial charge in [0, 0.05) is 12.7 Å². The summed E-state index contributed by atoms with van der Waals surface area (Å²) in [4.78, 5) is 8.89. The number of rotatable bonds is 3. The molecular weight excluding hydrogens is 254 g/mol. The number of phenolic OH excluding ortho intramolecular Hbond substituents is 2. The topological polar surface area (TPSA) is 71.2 Å². The standard InChI is InChI=1S/C15H15N3O2/c1-2-8-18-14(11-9-10(19)5-6-13(11)20)17-12-4-3-7-16-15(12)18/h3-7,9,19-20H,2,8H2,1H3. The largest absolute Gasteiger partial charge is 0.508 e. The van der Waals surface area contributed by atoms with Crippen LogP contribution in [0, 0.1) is 0 Å². The molecule has 2 aromatic heterocycles. The maximum atomic E-state index is 10.0. The molecule has 20 heavy (non-hydrogen) atoms. The quantitative estimate of drug-likeness (QED) is 0.717. The van der Waals surface area contributed by atoms with Crippen LogP contribution in [0.2, 0.25) is 0 Å². The first-order valence-corrected chi connectivity index (χ1v) is 6.54. The van der Waals surface area contributed by atoms with Gasteiger partial charge in [-0.3, -0.25) is 0 Å². The van der Waals surface area contributed by atoms with E-state index in [2.05, 4.69) is 16.9 Å². The number of hydrogen-bond acceptors (Lipinski definition) is 4. The molecule has 0 aliphatic carbocycles. The van der Waals surface area contributed by atoms with Crippen LogP contribution >= 0.6 is 0 Å². The minimum absolute atomic E-state index is 0.0930. The normalized spacial score (nSPS) is 11.1. The molecule has 0 saturated carbocycles. The Bertz CT molecular complexity index is 765. The maximum absolute atomic E-state index is 10.0. The summed E-state index contributed by atoms with van der Waals surface area (Å²) in [5, 5.41) is 19.7. The highest BCUT2D eigenvalue weighted by molar-refractivity contribution is 5.79. The zero-order valence-electron chi connectivity index (χ0n) is 11.1. The van der Waals surface area contributed by atoms with Crippen molar-refractivity contribution in [3.05, 3.63) is 36.5 Å². The summed E-state index contributed by atoms with van der Waals surface area (Å²) in [6, 6.07) is 8.15. The minimum Gasteiger partial charge on any atom is -0.508 e. The predicted octanol–water partition coefficient (Wildman–Crippen LogP) is 2.92. The number of pyridine rings is 1. The summed E-state index contributed by atoms with van der Waals surface area (Å²) < 4.78 is 1.96. The number of fused-ring (bicyclic) bond motifs is 1. The summed E-state index contributed by atoms with van der Waals surface area (Å²) in [6.45, 7) is 2.82. The monoisotopic (exact) mass is 269 g/mol. The van der Waals surface area contributed by atoms with Gasteiger partial charge < -0.3 is 14.8 Å². The zero-order valence-corrected chi connectivity index (χ0v) is 11.1. The zero-order chi connectivity index (χ0) is 14.1. The van der Waals surface area contributed by atoms with Crippen molar-refractivity contribution < 1.29 is 10.2 Å². The van der Waals surface area contributed by atoms with Crippen LogP contribution in [0.25, 0.3) is 22.6 Å². The number of aromatic hydroxyl groups is 2. The lowest BCUT2D eigenvalue weighted by Crippen LogP contribution is -2.00. The maximum Gasteiger partial charge on any atom is 0.160 e. The SMILES string of the molecule is CCCn1c(-c2cc(O)ccc2O)nc2cccnc21. The summed E-state index contributed by atoms with van der Waals surface area (Å²) in [5.74, 6) is 0.810. The molecule has 0 spiro atoms. The lowest BCUT2D eigenvalue weighted by atomic mass is 10.1. The van der Waals surface area contributed by atoms with Crippen LogP contribution in [0.1, 0.15) is 13.3 Å². The van der Waals surface area contributed by atoms with Gasteiger partial charge in [-0.05, 0) is 36.8 Å². The van der Waals surface area contributed by atoms with Crippen LogP contribution in [-0.2, 0) is 6.54 Å². The van der Waals surface area contributed by atoms with Crippen LogP contribution in [0.15, 0.2) is 36.5 Å². The highest BCUT2D eigenvalue weighted by Crippen LogP contribution is 2.33. The minimum atomic E-state index is 0.0930. The lowest BCUT2D eigenvalue weighted by molar-refractivity contribution is 0.461. The van der Waals surface area contributed by atoms with E-state index >= 15 is 0 Å². The van der Waals surface area contributed by atoms with Crippen molar-refractivity contribution in [3.8, 4) is 22.9 Å². The highest BCUT2D eigenvalue weighted by atomic mass is 16.3. The van der Waals surface area contributed by atoms with Crippen molar-refractivity contribution in [3.63, 3.8) is 0 Å². The smallest absolute Gasteiger partial charge is 0.160 e. The number of benzene rings is 1. The van der Waals surface area contributed by atoms with Gasteiger partial charge in [0.1, 0.15) is 22.8 Å². The van der Waals surface area contributed by atoms with Crippen LogP contribution in [0.3, 0.4) is 0 Å². The Morgan fingerprint density at radius 2 is 2.05 bits per heavy atom. The fourth-order valence-corrected chi connectivity index (χ4v) is 2.30. The number of nitrogens with zero attached hydrogens (tertiary/aromatic N) is 3. The molecule has 0 aliphatic rings. The molecule has 0 saturated heterocycles. The van der Waals surface area contributed by atoms with E-state index in [9.17, 15) is 10.2 Å². The Kier molecular flexibility index (Phi) is 3.02. The molecule has 0 radical (unpaired) electrons. The first-order chi connectivity index (χ1) is 9.70. The van der Waals surface area contributed by atoms with E-state index in [1.807, 2.05) is 16.7 Å². The van der Waals surface area contributed by atoms with Gasteiger partial charge in [-0.15, -0.1) is 0 Å². The molecule has 0 bridgehead atoms. The first-order valence-electron chi connectivity index (χ1n) is 6.54. The molecule has 2 N–H and O–H groups in total. The summed E-state index contributed by atoms with van der Waals surface area (Å²) in [7, 11) is 0. The molecule has 5 heteroatoms. The third-order valence-corrected chi connectivity index (χ3v) is 3.17. The predicted molar refractivity (Wildman–Crippen MR) is 76.6 cm³/mol. The number of imidazole rings is 1. The van der Waals surface area contributed by atoms with E-state index in [4.69, 9.17) is 0 Å². The molecule has 3 rings (SSSR count). The fourth-order valence-electron chi connectivity index (χ4n) is 2.30. The van der Waals surface area contributed by atoms with Crippen LogP contribution in [-0.4, -0.2) is 24.7 Å². The van der Waals surface area contributed by atoms with Gasteiger partial charge in [-0.1, -0.05) is 6.92 Å². The molecule has 0 aliphatic heterocycles. The van der Waals surface area contributed by atoms with E-state index in [0.717, 1.165) is 24.1 Å². The van der Waals surface area contributed by atoms with E-state index in [1.54, 1.807) is 6.20 Å².